The van der Waals surface area contributed by atoms with Crippen LogP contribution in [0.5, 0.6) is 0 Å². The molecule has 1 aliphatic rings. The van der Waals surface area contributed by atoms with Gasteiger partial charge in [0.25, 0.3) is 0 Å². The van der Waals surface area contributed by atoms with Gasteiger partial charge in [-0.25, -0.2) is 0 Å². The minimum atomic E-state index is -0.350. The van der Waals surface area contributed by atoms with Gasteiger partial charge in [0, 0.05) is 6.54 Å². The molecule has 1 N–H and O–H groups in total. The Morgan fingerprint density at radius 1 is 1.33 bits per heavy atom. The number of rotatable bonds is 7. The fraction of sp³-hybridized carbons (Fsp3) is 0.933. The highest BCUT2D eigenvalue weighted by Crippen LogP contribution is 2.21. The molecule has 0 radical (unpaired) electrons. The molecule has 0 bridgehead atoms. The lowest BCUT2D eigenvalue weighted by atomic mass is 9.93. The Kier molecular flexibility index (Phi) is 6.67. The smallest absolute Gasteiger partial charge is 0.105 e. The van der Waals surface area contributed by atoms with Gasteiger partial charge in [-0.3, -0.25) is 5.32 Å². The summed E-state index contributed by atoms with van der Waals surface area (Å²) in [4.78, 5) is 2.52. The molecule has 0 aromatic heterocycles. The first-order valence-electron chi connectivity index (χ1n) is 7.52. The third kappa shape index (κ3) is 4.96. The molecule has 0 spiro atoms. The lowest BCUT2D eigenvalue weighted by Gasteiger charge is -2.33. The summed E-state index contributed by atoms with van der Waals surface area (Å²) in [6, 6.07) is 2.44. The second-order valence-electron chi connectivity index (χ2n) is 5.81. The second-order valence-corrected chi connectivity index (χ2v) is 5.81. The van der Waals surface area contributed by atoms with Crippen LogP contribution >= 0.6 is 0 Å². The fourth-order valence-corrected chi connectivity index (χ4v) is 2.58. The maximum Gasteiger partial charge on any atom is 0.105 e. The Hall–Kier alpha value is -0.590. The summed E-state index contributed by atoms with van der Waals surface area (Å²) in [6.07, 6.45) is 6.01. The molecule has 1 atom stereocenters. The van der Waals surface area contributed by atoms with Gasteiger partial charge >= 0.3 is 0 Å². The Morgan fingerprint density at radius 2 is 2.00 bits per heavy atom. The molecule has 1 rings (SSSR count). The van der Waals surface area contributed by atoms with E-state index in [1.165, 1.54) is 32.4 Å². The largest absolute Gasteiger partial charge is 0.303 e. The van der Waals surface area contributed by atoms with Crippen LogP contribution in [0.3, 0.4) is 0 Å². The highest BCUT2D eigenvalue weighted by atomic mass is 15.1. The van der Waals surface area contributed by atoms with Crippen LogP contribution in [0.4, 0.5) is 0 Å². The number of nitrogens with zero attached hydrogens (tertiary/aromatic N) is 2. The lowest BCUT2D eigenvalue weighted by molar-refractivity contribution is 0.170. The number of nitrogens with one attached hydrogen (secondary N) is 1. The average Bonchev–Trinajstić information content (AvgIpc) is 2.43. The third-order valence-corrected chi connectivity index (χ3v) is 4.22. The first kappa shape index (κ1) is 15.5. The molecule has 0 aromatic rings. The highest BCUT2D eigenvalue weighted by Gasteiger charge is 2.25. The molecule has 18 heavy (non-hydrogen) atoms. The molecule has 0 saturated carbocycles. The van der Waals surface area contributed by atoms with E-state index in [9.17, 15) is 5.26 Å². The van der Waals surface area contributed by atoms with Crippen molar-refractivity contribution in [3.05, 3.63) is 0 Å². The van der Waals surface area contributed by atoms with E-state index < -0.39 is 0 Å². The molecule has 0 aromatic carbocycles. The SMILES string of the molecule is CCCNC(C)(C#N)CCN1CCC(CC)CC1. The van der Waals surface area contributed by atoms with Crippen molar-refractivity contribution in [1.82, 2.24) is 10.2 Å². The number of hydrogen-bond donors (Lipinski definition) is 1. The third-order valence-electron chi connectivity index (χ3n) is 4.22. The van der Waals surface area contributed by atoms with Crippen molar-refractivity contribution in [2.45, 2.75) is 58.4 Å². The van der Waals surface area contributed by atoms with Gasteiger partial charge in [-0.15, -0.1) is 0 Å². The summed E-state index contributed by atoms with van der Waals surface area (Å²) in [7, 11) is 0. The van der Waals surface area contributed by atoms with Gasteiger partial charge < -0.3 is 4.90 Å². The molecular weight excluding hydrogens is 222 g/mol. The summed E-state index contributed by atoms with van der Waals surface area (Å²) < 4.78 is 0. The molecule has 1 unspecified atom stereocenters. The summed E-state index contributed by atoms with van der Waals surface area (Å²) in [5, 5.41) is 12.7. The summed E-state index contributed by atoms with van der Waals surface area (Å²) >= 11 is 0. The van der Waals surface area contributed by atoms with Crippen molar-refractivity contribution in [2.24, 2.45) is 5.92 Å². The van der Waals surface area contributed by atoms with Crippen LogP contribution in [0.25, 0.3) is 0 Å². The van der Waals surface area contributed by atoms with Gasteiger partial charge in [0.2, 0.25) is 0 Å². The standard InChI is InChI=1S/C15H29N3/c1-4-9-17-15(3,13-16)8-12-18-10-6-14(5-2)7-11-18/h14,17H,4-12H2,1-3H3. The summed E-state index contributed by atoms with van der Waals surface area (Å²) in [5.74, 6) is 0.932. The predicted molar refractivity (Wildman–Crippen MR) is 76.4 cm³/mol. The number of nitriles is 1. The van der Waals surface area contributed by atoms with Crippen LogP contribution < -0.4 is 5.32 Å². The van der Waals surface area contributed by atoms with E-state index >= 15 is 0 Å². The van der Waals surface area contributed by atoms with Crippen molar-refractivity contribution in [3.8, 4) is 6.07 Å². The van der Waals surface area contributed by atoms with Gasteiger partial charge in [-0.05, 0) is 58.2 Å². The van der Waals surface area contributed by atoms with E-state index in [4.69, 9.17) is 0 Å². The van der Waals surface area contributed by atoms with Crippen LogP contribution in [0.1, 0.15) is 52.9 Å². The molecule has 0 amide bonds. The van der Waals surface area contributed by atoms with Gasteiger partial charge in [0.1, 0.15) is 5.54 Å². The Morgan fingerprint density at radius 3 is 2.50 bits per heavy atom. The minimum Gasteiger partial charge on any atom is -0.303 e. The van der Waals surface area contributed by atoms with Crippen molar-refractivity contribution in [3.63, 3.8) is 0 Å². The highest BCUT2D eigenvalue weighted by molar-refractivity contribution is 5.04. The zero-order valence-corrected chi connectivity index (χ0v) is 12.3. The normalized spacial score (nSPS) is 21.4. The zero-order chi connectivity index (χ0) is 13.4. The molecule has 3 heteroatoms. The Labute approximate surface area is 113 Å². The first-order chi connectivity index (χ1) is 8.63. The second kappa shape index (κ2) is 7.76. The van der Waals surface area contributed by atoms with Crippen molar-refractivity contribution in [1.29, 1.82) is 5.26 Å². The van der Waals surface area contributed by atoms with E-state index in [1.54, 1.807) is 0 Å². The van der Waals surface area contributed by atoms with E-state index in [0.29, 0.717) is 0 Å². The molecule has 1 aliphatic heterocycles. The van der Waals surface area contributed by atoms with Crippen LogP contribution in [0.2, 0.25) is 0 Å². The molecule has 0 aliphatic carbocycles. The maximum absolute atomic E-state index is 9.29. The average molecular weight is 251 g/mol. The lowest BCUT2D eigenvalue weighted by Crippen LogP contribution is -2.45. The van der Waals surface area contributed by atoms with E-state index in [2.05, 4.69) is 30.1 Å². The van der Waals surface area contributed by atoms with Gasteiger partial charge in [-0.1, -0.05) is 20.3 Å². The van der Waals surface area contributed by atoms with Crippen molar-refractivity contribution >= 4 is 0 Å². The van der Waals surface area contributed by atoms with Gasteiger partial charge in [0.15, 0.2) is 0 Å². The topological polar surface area (TPSA) is 39.1 Å². The van der Waals surface area contributed by atoms with E-state index in [1.807, 2.05) is 6.92 Å². The monoisotopic (exact) mass is 251 g/mol. The van der Waals surface area contributed by atoms with E-state index in [-0.39, 0.29) is 5.54 Å². The molecule has 1 saturated heterocycles. The van der Waals surface area contributed by atoms with Crippen molar-refractivity contribution < 1.29 is 0 Å². The molecule has 3 nitrogen and oxygen atoms in total. The van der Waals surface area contributed by atoms with Gasteiger partial charge in [-0.2, -0.15) is 5.26 Å². The Balaban J connectivity index is 2.29. The van der Waals surface area contributed by atoms with E-state index in [0.717, 1.165) is 31.8 Å². The first-order valence-corrected chi connectivity index (χ1v) is 7.52. The maximum atomic E-state index is 9.29. The number of hydrogen-bond acceptors (Lipinski definition) is 3. The molecule has 1 fully saturated rings. The van der Waals surface area contributed by atoms with Crippen LogP contribution in [0, 0.1) is 17.2 Å². The summed E-state index contributed by atoms with van der Waals surface area (Å²) in [6.45, 7) is 10.9. The fourth-order valence-electron chi connectivity index (χ4n) is 2.58. The predicted octanol–water partition coefficient (Wildman–Crippen LogP) is 2.78. The quantitative estimate of drug-likeness (QED) is 0.756. The number of piperidine rings is 1. The number of likely N-dealkylation sites (tertiary alicyclic amines) is 1. The molecular formula is C15H29N3. The minimum absolute atomic E-state index is 0.350. The van der Waals surface area contributed by atoms with Gasteiger partial charge in [0.05, 0.1) is 6.07 Å². The Bertz CT molecular complexity index is 263. The van der Waals surface area contributed by atoms with Crippen LogP contribution in [0.15, 0.2) is 0 Å². The zero-order valence-electron chi connectivity index (χ0n) is 12.3. The van der Waals surface area contributed by atoms with Crippen molar-refractivity contribution in [2.75, 3.05) is 26.2 Å². The molecule has 1 heterocycles. The summed E-state index contributed by atoms with van der Waals surface area (Å²) in [5.41, 5.74) is -0.350. The van der Waals surface area contributed by atoms with Crippen LogP contribution in [-0.4, -0.2) is 36.6 Å². The molecule has 104 valence electrons. The van der Waals surface area contributed by atoms with Crippen LogP contribution in [-0.2, 0) is 0 Å².